The van der Waals surface area contributed by atoms with E-state index >= 15 is 0 Å². The molecular formula is C21H18F3N5. The fourth-order valence-electron chi connectivity index (χ4n) is 3.17. The Morgan fingerprint density at radius 2 is 1.72 bits per heavy atom. The van der Waals surface area contributed by atoms with Crippen LogP contribution in [0.4, 0.5) is 30.4 Å². The van der Waals surface area contributed by atoms with Crippen molar-refractivity contribution in [2.24, 2.45) is 0 Å². The summed E-state index contributed by atoms with van der Waals surface area (Å²) in [4.78, 5) is 9.25. The summed E-state index contributed by atoms with van der Waals surface area (Å²) in [6.45, 7) is 2.01. The highest BCUT2D eigenvalue weighted by atomic mass is 19.4. The Balaban J connectivity index is 1.72. The molecule has 4 aromatic rings. The Morgan fingerprint density at radius 1 is 1.00 bits per heavy atom. The van der Waals surface area contributed by atoms with Crippen molar-refractivity contribution in [3.8, 4) is 5.82 Å². The van der Waals surface area contributed by atoms with Crippen molar-refractivity contribution in [2.75, 3.05) is 11.1 Å². The van der Waals surface area contributed by atoms with Gasteiger partial charge in [0.15, 0.2) is 0 Å². The molecule has 0 spiro atoms. The Kier molecular flexibility index (Phi) is 4.62. The van der Waals surface area contributed by atoms with Crippen molar-refractivity contribution >= 4 is 28.2 Å². The second-order valence-corrected chi connectivity index (χ2v) is 6.55. The van der Waals surface area contributed by atoms with Crippen LogP contribution in [-0.2, 0) is 12.6 Å². The summed E-state index contributed by atoms with van der Waals surface area (Å²) in [5.74, 6) is 1.86. The molecule has 8 heteroatoms. The first-order chi connectivity index (χ1) is 13.8. The molecule has 148 valence electrons. The minimum Gasteiger partial charge on any atom is -0.399 e. The topological polar surface area (TPSA) is 68.8 Å². The fraction of sp³-hybridized carbons (Fsp3) is 0.143. The van der Waals surface area contributed by atoms with E-state index in [9.17, 15) is 13.2 Å². The average Bonchev–Trinajstić information content (AvgIpc) is 3.06. The van der Waals surface area contributed by atoms with E-state index < -0.39 is 11.7 Å². The van der Waals surface area contributed by atoms with Gasteiger partial charge in [0.25, 0.3) is 0 Å². The van der Waals surface area contributed by atoms with Gasteiger partial charge in [-0.25, -0.2) is 9.97 Å². The number of anilines is 3. The summed E-state index contributed by atoms with van der Waals surface area (Å²) in [6.07, 6.45) is -3.67. The first-order valence-corrected chi connectivity index (χ1v) is 9.03. The first-order valence-electron chi connectivity index (χ1n) is 9.03. The van der Waals surface area contributed by atoms with Crippen LogP contribution in [0.25, 0.3) is 16.9 Å². The average molecular weight is 397 g/mol. The number of benzene rings is 2. The van der Waals surface area contributed by atoms with Gasteiger partial charge in [-0.05, 0) is 36.4 Å². The van der Waals surface area contributed by atoms with E-state index in [-0.39, 0.29) is 0 Å². The van der Waals surface area contributed by atoms with Crippen LogP contribution in [0.15, 0.2) is 60.7 Å². The molecule has 2 aromatic heterocycles. The molecular weight excluding hydrogens is 379 g/mol. The number of fused-ring (bicyclic) bond motifs is 1. The van der Waals surface area contributed by atoms with Gasteiger partial charge in [-0.2, -0.15) is 13.2 Å². The number of nitrogens with one attached hydrogen (secondary N) is 1. The largest absolute Gasteiger partial charge is 0.416 e. The number of aromatic nitrogens is 3. The van der Waals surface area contributed by atoms with Crippen LogP contribution < -0.4 is 11.1 Å². The zero-order valence-corrected chi connectivity index (χ0v) is 15.5. The number of imidazole rings is 1. The lowest BCUT2D eigenvalue weighted by atomic mass is 10.2. The van der Waals surface area contributed by atoms with Crippen LogP contribution in [0, 0.1) is 0 Å². The zero-order chi connectivity index (χ0) is 20.6. The normalized spacial score (nSPS) is 11.7. The van der Waals surface area contributed by atoms with Gasteiger partial charge < -0.3 is 11.1 Å². The molecule has 0 fully saturated rings. The Morgan fingerprint density at radius 3 is 2.41 bits per heavy atom. The molecule has 0 atom stereocenters. The maximum absolute atomic E-state index is 12.8. The quantitative estimate of drug-likeness (QED) is 0.489. The van der Waals surface area contributed by atoms with Crippen molar-refractivity contribution in [3.63, 3.8) is 0 Å². The Labute approximate surface area is 165 Å². The Bertz CT molecular complexity index is 1160. The minimum absolute atomic E-state index is 0.430. The lowest BCUT2D eigenvalue weighted by Crippen LogP contribution is -2.06. The maximum atomic E-state index is 12.8. The number of rotatable bonds is 4. The molecule has 29 heavy (non-hydrogen) atoms. The predicted molar refractivity (Wildman–Crippen MR) is 107 cm³/mol. The lowest BCUT2D eigenvalue weighted by Gasteiger charge is -2.13. The van der Waals surface area contributed by atoms with Gasteiger partial charge in [0, 0.05) is 29.9 Å². The van der Waals surface area contributed by atoms with E-state index in [2.05, 4.69) is 15.3 Å². The van der Waals surface area contributed by atoms with Crippen LogP contribution in [0.2, 0.25) is 0 Å². The third kappa shape index (κ3) is 3.73. The van der Waals surface area contributed by atoms with Gasteiger partial charge >= 0.3 is 6.18 Å². The molecule has 5 nitrogen and oxygen atoms in total. The van der Waals surface area contributed by atoms with Gasteiger partial charge in [-0.15, -0.1) is 0 Å². The number of aryl methyl sites for hydroxylation is 1. The number of para-hydroxylation sites is 2. The molecule has 0 saturated heterocycles. The molecule has 2 heterocycles. The molecule has 0 radical (unpaired) electrons. The number of nitrogens with two attached hydrogens (primary N) is 1. The molecule has 0 aliphatic rings. The van der Waals surface area contributed by atoms with E-state index in [1.165, 1.54) is 12.1 Å². The van der Waals surface area contributed by atoms with Gasteiger partial charge in [-0.3, -0.25) is 4.57 Å². The maximum Gasteiger partial charge on any atom is 0.416 e. The molecule has 0 aliphatic carbocycles. The van der Waals surface area contributed by atoms with Crippen molar-refractivity contribution in [1.82, 2.24) is 14.5 Å². The van der Waals surface area contributed by atoms with Crippen molar-refractivity contribution < 1.29 is 13.2 Å². The van der Waals surface area contributed by atoms with Gasteiger partial charge in [0.1, 0.15) is 17.5 Å². The summed E-state index contributed by atoms with van der Waals surface area (Å²) in [5.41, 5.74) is 8.08. The van der Waals surface area contributed by atoms with E-state index in [4.69, 9.17) is 5.73 Å². The molecule has 0 aliphatic heterocycles. The van der Waals surface area contributed by atoms with Gasteiger partial charge in [-0.1, -0.05) is 19.1 Å². The van der Waals surface area contributed by atoms with Crippen LogP contribution in [-0.4, -0.2) is 14.5 Å². The minimum atomic E-state index is -4.37. The molecule has 0 amide bonds. The summed E-state index contributed by atoms with van der Waals surface area (Å²) < 4.78 is 40.2. The monoisotopic (exact) mass is 397 g/mol. The zero-order valence-electron chi connectivity index (χ0n) is 15.5. The summed E-state index contributed by atoms with van der Waals surface area (Å²) in [7, 11) is 0. The lowest BCUT2D eigenvalue weighted by molar-refractivity contribution is -0.137. The molecule has 0 bridgehead atoms. The molecule has 3 N–H and O–H groups in total. The summed E-state index contributed by atoms with van der Waals surface area (Å²) in [5, 5.41) is 3.02. The fourth-order valence-corrected chi connectivity index (χ4v) is 3.17. The number of hydrogen-bond donors (Lipinski definition) is 2. The van der Waals surface area contributed by atoms with Crippen molar-refractivity contribution in [1.29, 1.82) is 0 Å². The van der Waals surface area contributed by atoms with Crippen molar-refractivity contribution in [3.05, 3.63) is 72.1 Å². The number of halogens is 3. The van der Waals surface area contributed by atoms with E-state index in [1.54, 1.807) is 12.1 Å². The van der Waals surface area contributed by atoms with Crippen LogP contribution in [0.3, 0.4) is 0 Å². The number of alkyl halides is 3. The SMILES string of the molecule is CCc1nc2ccccc2n1-c1cc(N)cc(Nc2ccc(C(F)(F)F)cc2)n1. The second-order valence-electron chi connectivity index (χ2n) is 6.55. The highest BCUT2D eigenvalue weighted by Gasteiger charge is 2.29. The molecule has 4 rings (SSSR count). The molecule has 0 saturated carbocycles. The molecule has 0 unspecified atom stereocenters. The molecule has 2 aromatic carbocycles. The Hall–Kier alpha value is -3.55. The number of pyridine rings is 1. The van der Waals surface area contributed by atoms with E-state index in [0.29, 0.717) is 29.4 Å². The smallest absolute Gasteiger partial charge is 0.399 e. The first kappa shape index (κ1) is 18.8. The highest BCUT2D eigenvalue weighted by molar-refractivity contribution is 5.78. The second kappa shape index (κ2) is 7.12. The summed E-state index contributed by atoms with van der Waals surface area (Å²) in [6, 6.07) is 15.9. The number of nitrogens with zero attached hydrogens (tertiary/aromatic N) is 3. The van der Waals surface area contributed by atoms with Crippen LogP contribution >= 0.6 is 0 Å². The number of hydrogen-bond acceptors (Lipinski definition) is 4. The van der Waals surface area contributed by atoms with Crippen molar-refractivity contribution in [2.45, 2.75) is 19.5 Å². The highest BCUT2D eigenvalue weighted by Crippen LogP contribution is 2.31. The van der Waals surface area contributed by atoms with Crippen LogP contribution in [0.5, 0.6) is 0 Å². The number of nitrogen functional groups attached to an aromatic ring is 1. The van der Waals surface area contributed by atoms with Gasteiger partial charge in [0.2, 0.25) is 0 Å². The third-order valence-electron chi connectivity index (χ3n) is 4.49. The van der Waals surface area contributed by atoms with E-state index in [0.717, 1.165) is 29.0 Å². The van der Waals surface area contributed by atoms with Crippen LogP contribution in [0.1, 0.15) is 18.3 Å². The predicted octanol–water partition coefficient (Wildman–Crippen LogP) is 5.33. The summed E-state index contributed by atoms with van der Waals surface area (Å²) >= 11 is 0. The van der Waals surface area contributed by atoms with Gasteiger partial charge in [0.05, 0.1) is 16.6 Å². The third-order valence-corrected chi connectivity index (χ3v) is 4.49. The van der Waals surface area contributed by atoms with E-state index in [1.807, 2.05) is 35.8 Å². The standard InChI is InChI=1S/C21H18F3N5/c1-2-19-27-16-5-3-4-6-17(16)29(19)20-12-14(25)11-18(28-20)26-15-9-7-13(8-10-15)21(22,23)24/h3-12H,2H2,1H3,(H3,25,26,28).